The normalized spacial score (nSPS) is 11.3. The summed E-state index contributed by atoms with van der Waals surface area (Å²) in [5.41, 5.74) is 0. The van der Waals surface area contributed by atoms with Gasteiger partial charge in [-0.05, 0) is 49.6 Å². The topological polar surface area (TPSA) is 17.1 Å². The van der Waals surface area contributed by atoms with Crippen LogP contribution in [-0.2, 0) is 11.2 Å². The molecule has 0 bridgehead atoms. The second-order valence-electron chi connectivity index (χ2n) is 4.16. The Balaban J connectivity index is 2.21. The molecule has 0 aromatic carbocycles. The first-order valence-electron chi connectivity index (χ1n) is 6.38. The third-order valence-corrected chi connectivity index (χ3v) is 4.88. The molecule has 0 radical (unpaired) electrons. The number of unbranched alkanes of at least 4 members (excludes halogenated alkanes) is 1. The number of carbonyl (C=O) groups is 1. The average molecular weight is 292 g/mol. The zero-order valence-electron chi connectivity index (χ0n) is 11.4. The number of hydrogen-bond acceptors (Lipinski definition) is 3. The highest BCUT2D eigenvalue weighted by atomic mass is 32.2. The first-order valence-corrected chi connectivity index (χ1v) is 8.01. The van der Waals surface area contributed by atoms with Crippen molar-refractivity contribution in [2.45, 2.75) is 32.6 Å². The number of thioether (sulfide) groups is 1. The number of allylic oxidation sites excluding steroid dienone is 3. The van der Waals surface area contributed by atoms with E-state index in [4.69, 9.17) is 0 Å². The van der Waals surface area contributed by atoms with Crippen molar-refractivity contribution >= 4 is 35.5 Å². The molecule has 0 amide bonds. The van der Waals surface area contributed by atoms with Crippen molar-refractivity contribution in [3.05, 3.63) is 50.9 Å². The van der Waals surface area contributed by atoms with Crippen LogP contribution in [0.4, 0.5) is 0 Å². The van der Waals surface area contributed by atoms with E-state index in [1.165, 1.54) is 21.5 Å². The molecule has 0 fully saturated rings. The Morgan fingerprint density at radius 1 is 1.42 bits per heavy atom. The molecule has 0 N–H and O–H groups in total. The van der Waals surface area contributed by atoms with E-state index in [0.717, 1.165) is 41.8 Å². The van der Waals surface area contributed by atoms with Crippen LogP contribution in [0.5, 0.6) is 0 Å². The van der Waals surface area contributed by atoms with Crippen molar-refractivity contribution in [1.82, 2.24) is 0 Å². The molecule has 1 nitrogen and oxygen atoms in total. The summed E-state index contributed by atoms with van der Waals surface area (Å²) in [6.45, 7) is 9.65. The van der Waals surface area contributed by atoms with E-state index < -0.39 is 0 Å². The summed E-state index contributed by atoms with van der Waals surface area (Å²) in [5, 5.41) is 0. The summed E-state index contributed by atoms with van der Waals surface area (Å²) in [4.78, 5) is 15.1. The average Bonchev–Trinajstić information content (AvgIpc) is 2.89. The number of rotatable bonds is 9. The molecule has 3 heteroatoms. The van der Waals surface area contributed by atoms with Gasteiger partial charge in [0.1, 0.15) is 0 Å². The number of aryl methyl sites for hydroxylation is 1. The van der Waals surface area contributed by atoms with Crippen molar-refractivity contribution in [3.8, 4) is 0 Å². The van der Waals surface area contributed by atoms with Crippen molar-refractivity contribution in [2.24, 2.45) is 0 Å². The number of hydrogen-bond donors (Lipinski definition) is 0. The van der Waals surface area contributed by atoms with E-state index in [-0.39, 0.29) is 0 Å². The summed E-state index contributed by atoms with van der Waals surface area (Å²) in [6, 6.07) is 4.29. The van der Waals surface area contributed by atoms with E-state index in [9.17, 15) is 4.79 Å². The van der Waals surface area contributed by atoms with Crippen molar-refractivity contribution in [1.29, 1.82) is 0 Å². The largest absolute Gasteiger partial charge is 0.297 e. The molecule has 1 heterocycles. The molecule has 1 aromatic heterocycles. The first-order chi connectivity index (χ1) is 9.19. The molecule has 0 unspecified atom stereocenters. The van der Waals surface area contributed by atoms with Crippen LogP contribution in [-0.4, -0.2) is 6.29 Å². The van der Waals surface area contributed by atoms with E-state index in [1.807, 2.05) is 30.4 Å². The lowest BCUT2D eigenvalue weighted by Crippen LogP contribution is -1.84. The van der Waals surface area contributed by atoms with Gasteiger partial charge in [-0.2, -0.15) is 0 Å². The van der Waals surface area contributed by atoms with Gasteiger partial charge in [0.25, 0.3) is 0 Å². The summed E-state index contributed by atoms with van der Waals surface area (Å²) in [7, 11) is 0. The van der Waals surface area contributed by atoms with Gasteiger partial charge < -0.3 is 0 Å². The predicted molar refractivity (Wildman–Crippen MR) is 88.5 cm³/mol. The molecule has 0 aliphatic heterocycles. The van der Waals surface area contributed by atoms with Crippen LogP contribution in [0.25, 0.3) is 6.08 Å². The Morgan fingerprint density at radius 2 is 2.21 bits per heavy atom. The summed E-state index contributed by atoms with van der Waals surface area (Å²) in [5.74, 6) is 0. The van der Waals surface area contributed by atoms with Gasteiger partial charge in [-0.25, -0.2) is 0 Å². The van der Waals surface area contributed by atoms with Crippen LogP contribution >= 0.6 is 23.1 Å². The summed E-state index contributed by atoms with van der Waals surface area (Å²) < 4.78 is 0. The maximum absolute atomic E-state index is 10.7. The number of thiophene rings is 1. The lowest BCUT2D eigenvalue weighted by Gasteiger charge is -2.04. The number of carbonyl (C=O) groups excluding carboxylic acids is 1. The van der Waals surface area contributed by atoms with Gasteiger partial charge in [0.15, 0.2) is 6.29 Å². The fourth-order valence-corrected chi connectivity index (χ4v) is 3.28. The monoisotopic (exact) mass is 292 g/mol. The van der Waals surface area contributed by atoms with Crippen LogP contribution in [0.1, 0.15) is 35.9 Å². The Hall–Kier alpha value is -1.06. The molecule has 0 saturated heterocycles. The van der Waals surface area contributed by atoms with Gasteiger partial charge >= 0.3 is 0 Å². The second-order valence-corrected chi connectivity index (χ2v) is 6.62. The Bertz CT molecular complexity index is 469. The van der Waals surface area contributed by atoms with Crippen molar-refractivity contribution in [3.63, 3.8) is 0 Å². The van der Waals surface area contributed by atoms with E-state index in [2.05, 4.69) is 25.3 Å². The lowest BCUT2D eigenvalue weighted by molar-refractivity contribution is -0.104. The summed E-state index contributed by atoms with van der Waals surface area (Å²) in [6.07, 6.45) is 8.95. The third kappa shape index (κ3) is 6.08. The molecule has 0 saturated carbocycles. The van der Waals surface area contributed by atoms with Crippen LogP contribution in [0.3, 0.4) is 0 Å². The van der Waals surface area contributed by atoms with Crippen molar-refractivity contribution in [2.75, 3.05) is 0 Å². The van der Waals surface area contributed by atoms with E-state index in [1.54, 1.807) is 0 Å². The number of aldehydes is 1. The van der Waals surface area contributed by atoms with E-state index in [0.29, 0.717) is 0 Å². The van der Waals surface area contributed by atoms with Crippen LogP contribution in [0.2, 0.25) is 0 Å². The second kappa shape index (κ2) is 8.94. The van der Waals surface area contributed by atoms with Gasteiger partial charge in [0.05, 0.1) is 0 Å². The zero-order valence-corrected chi connectivity index (χ0v) is 13.0. The minimum atomic E-state index is 0.749. The fourth-order valence-electron chi connectivity index (χ4n) is 1.63. The highest BCUT2D eigenvalue weighted by Crippen LogP contribution is 2.27. The van der Waals surface area contributed by atoms with Gasteiger partial charge in [-0.15, -0.1) is 11.3 Å². The highest BCUT2D eigenvalue weighted by Gasteiger charge is 2.01. The van der Waals surface area contributed by atoms with Gasteiger partial charge in [-0.1, -0.05) is 37.1 Å². The predicted octanol–water partition coefficient (Wildman–Crippen LogP) is 5.45. The minimum absolute atomic E-state index is 0.749. The SMILES string of the molecule is C=Cc1ccc(CCCCC(=C)S/C(C=O)=C\C)s1. The molecule has 1 rings (SSSR count). The quantitative estimate of drug-likeness (QED) is 0.342. The van der Waals surface area contributed by atoms with Crippen LogP contribution in [0.15, 0.2) is 41.2 Å². The zero-order chi connectivity index (χ0) is 14.1. The molecule has 0 spiro atoms. The van der Waals surface area contributed by atoms with Gasteiger partial charge in [0, 0.05) is 14.7 Å². The molecule has 0 aliphatic carbocycles. The van der Waals surface area contributed by atoms with Crippen LogP contribution < -0.4 is 0 Å². The standard InChI is InChI=1S/C16H20OS2/c1-4-14-10-11-16(19-14)9-7-6-8-13(3)18-15(5-2)12-17/h4-5,10-12H,1,3,6-9H2,2H3/b15-5-. The summed E-state index contributed by atoms with van der Waals surface area (Å²) >= 11 is 3.30. The molecule has 19 heavy (non-hydrogen) atoms. The fraction of sp³-hybridized carbons (Fsp3) is 0.312. The molecule has 1 aromatic rings. The smallest absolute Gasteiger partial charge is 0.156 e. The molecular formula is C16H20OS2. The molecule has 0 atom stereocenters. The van der Waals surface area contributed by atoms with Crippen molar-refractivity contribution < 1.29 is 4.79 Å². The minimum Gasteiger partial charge on any atom is -0.297 e. The van der Waals surface area contributed by atoms with E-state index >= 15 is 0 Å². The lowest BCUT2D eigenvalue weighted by atomic mass is 10.2. The van der Waals surface area contributed by atoms with Crippen LogP contribution in [0, 0.1) is 0 Å². The third-order valence-electron chi connectivity index (χ3n) is 2.68. The Kier molecular flexibility index (Phi) is 7.53. The molecule has 102 valence electrons. The van der Waals surface area contributed by atoms with Gasteiger partial charge in [-0.3, -0.25) is 4.79 Å². The first kappa shape index (κ1) is 16.0. The maximum atomic E-state index is 10.7. The molecular weight excluding hydrogens is 272 g/mol. The molecule has 0 aliphatic rings. The van der Waals surface area contributed by atoms with Gasteiger partial charge in [0.2, 0.25) is 0 Å². The highest BCUT2D eigenvalue weighted by molar-refractivity contribution is 8.07. The maximum Gasteiger partial charge on any atom is 0.156 e. The Labute approximate surface area is 124 Å². The Morgan fingerprint density at radius 3 is 2.79 bits per heavy atom.